The number of halogens is 10. The van der Waals surface area contributed by atoms with Crippen molar-refractivity contribution in [1.29, 1.82) is 0 Å². The fourth-order valence-electron chi connectivity index (χ4n) is 7.09. The zero-order valence-corrected chi connectivity index (χ0v) is 41.8. The minimum atomic E-state index is -5.65. The summed E-state index contributed by atoms with van der Waals surface area (Å²) in [6.45, 7) is 2.25. The summed E-state index contributed by atoms with van der Waals surface area (Å²) in [6.07, 6.45) is -9.99. The van der Waals surface area contributed by atoms with Gasteiger partial charge >= 0.3 is 48.1 Å². The van der Waals surface area contributed by atoms with Gasteiger partial charge in [0.05, 0.1) is 30.0 Å². The standard InChI is InChI=1S/C58H46F10N2O10/c1-2-70-44-16-26-50(42(34-44)36-78-52(72)28-10-38-7-19-48(20-8-38)80-54(74)40-13-23-46(24-14-40)76-32-4-30-56(61,62)58(66,67)68)49-25-15-43(69)33-41(49)35-77-51(71)27-9-37-5-17-47(18-6-37)79-53(73)39-11-21-45(22-12-39)75-31-3-29-55(59,60)57(63,64)65/h5-28,33-34H,1,3-4,29-32,35-36,69H2/b27-9+,28-10+. The van der Waals surface area contributed by atoms with Crippen molar-refractivity contribution >= 4 is 53.3 Å². The van der Waals surface area contributed by atoms with Crippen LogP contribution < -0.4 is 24.7 Å². The third-order valence-electron chi connectivity index (χ3n) is 11.3. The molecule has 80 heavy (non-hydrogen) atoms. The summed E-state index contributed by atoms with van der Waals surface area (Å²) in [7, 11) is 0. The van der Waals surface area contributed by atoms with Crippen molar-refractivity contribution in [2.75, 3.05) is 18.9 Å². The average molecular weight is 1120 g/mol. The van der Waals surface area contributed by atoms with E-state index < -0.39 is 87.0 Å². The van der Waals surface area contributed by atoms with Crippen LogP contribution in [0, 0.1) is 0 Å². The van der Waals surface area contributed by atoms with Crippen LogP contribution in [0.5, 0.6) is 23.0 Å². The summed E-state index contributed by atoms with van der Waals surface area (Å²) in [5.41, 5.74) is 10.4. The number of hydrogen-bond acceptors (Lipinski definition) is 12. The van der Waals surface area contributed by atoms with Crippen LogP contribution in [-0.2, 0) is 32.3 Å². The van der Waals surface area contributed by atoms with Gasteiger partial charge in [0.2, 0.25) is 0 Å². The maximum absolute atomic E-state index is 13.1. The van der Waals surface area contributed by atoms with Crippen molar-refractivity contribution in [3.8, 4) is 34.1 Å². The lowest BCUT2D eigenvalue weighted by atomic mass is 9.95. The summed E-state index contributed by atoms with van der Waals surface area (Å²) in [4.78, 5) is 55.5. The van der Waals surface area contributed by atoms with Gasteiger partial charge in [-0.1, -0.05) is 36.4 Å². The number of esters is 4. The highest BCUT2D eigenvalue weighted by molar-refractivity contribution is 5.92. The lowest BCUT2D eigenvalue weighted by Crippen LogP contribution is -2.36. The largest absolute Gasteiger partial charge is 0.494 e. The number of anilines is 1. The van der Waals surface area contributed by atoms with E-state index in [2.05, 4.69) is 17.4 Å². The van der Waals surface area contributed by atoms with Crippen LogP contribution in [-0.4, -0.2) is 67.2 Å². The third kappa shape index (κ3) is 17.7. The van der Waals surface area contributed by atoms with Crippen molar-refractivity contribution in [3.63, 3.8) is 0 Å². The maximum Gasteiger partial charge on any atom is 0.453 e. The molecule has 6 aromatic rings. The molecule has 0 fully saturated rings. The van der Waals surface area contributed by atoms with E-state index in [9.17, 15) is 63.1 Å². The van der Waals surface area contributed by atoms with Gasteiger partial charge < -0.3 is 34.2 Å². The smallest absolute Gasteiger partial charge is 0.453 e. The molecule has 0 heterocycles. The molecular formula is C58H46F10N2O10. The molecule has 2 N–H and O–H groups in total. The third-order valence-corrected chi connectivity index (χ3v) is 11.3. The fraction of sp³-hybridized carbons (Fsp3) is 0.207. The van der Waals surface area contributed by atoms with Gasteiger partial charge in [-0.15, -0.1) is 0 Å². The van der Waals surface area contributed by atoms with Gasteiger partial charge in [-0.25, -0.2) is 24.2 Å². The molecule has 22 heteroatoms. The molecular weight excluding hydrogens is 1070 g/mol. The van der Waals surface area contributed by atoms with Crippen molar-refractivity contribution < 1.29 is 91.5 Å². The molecule has 0 saturated heterocycles. The van der Waals surface area contributed by atoms with E-state index in [0.29, 0.717) is 44.8 Å². The summed E-state index contributed by atoms with van der Waals surface area (Å²) in [5, 5.41) is 0. The number of ether oxygens (including phenoxy) is 6. The zero-order valence-electron chi connectivity index (χ0n) is 41.8. The van der Waals surface area contributed by atoms with Gasteiger partial charge in [0.1, 0.15) is 36.2 Å². The van der Waals surface area contributed by atoms with E-state index in [-0.39, 0.29) is 47.3 Å². The summed E-state index contributed by atoms with van der Waals surface area (Å²) in [6, 6.07) is 32.9. The fourth-order valence-corrected chi connectivity index (χ4v) is 7.09. The van der Waals surface area contributed by atoms with Crippen LogP contribution in [0.4, 0.5) is 55.3 Å². The summed E-state index contributed by atoms with van der Waals surface area (Å²) < 4.78 is 159. The number of carbonyl (C=O) groups is 4. The summed E-state index contributed by atoms with van der Waals surface area (Å²) in [5.74, 6) is -9.55. The van der Waals surface area contributed by atoms with Crippen LogP contribution in [0.2, 0.25) is 0 Å². The molecule has 0 aromatic heterocycles. The minimum absolute atomic E-state index is 0.0966. The van der Waals surface area contributed by atoms with Crippen LogP contribution >= 0.6 is 0 Å². The Kier molecular flexibility index (Phi) is 20.2. The minimum Gasteiger partial charge on any atom is -0.494 e. The van der Waals surface area contributed by atoms with Gasteiger partial charge in [-0.2, -0.15) is 43.9 Å². The van der Waals surface area contributed by atoms with Gasteiger partial charge in [-0.3, -0.25) is 0 Å². The van der Waals surface area contributed by atoms with Gasteiger partial charge in [0, 0.05) is 30.7 Å². The topological polar surface area (TPSA) is 162 Å². The first-order valence-electron chi connectivity index (χ1n) is 23.8. The van der Waals surface area contributed by atoms with Gasteiger partial charge in [0.25, 0.3) is 0 Å². The highest BCUT2D eigenvalue weighted by atomic mass is 19.4. The Morgan fingerprint density at radius 2 is 0.900 bits per heavy atom. The van der Waals surface area contributed by atoms with E-state index in [0.717, 1.165) is 0 Å². The Hall–Kier alpha value is -9.17. The van der Waals surface area contributed by atoms with Gasteiger partial charge in [-0.05, 0) is 168 Å². The lowest BCUT2D eigenvalue weighted by molar-refractivity contribution is -0.284. The van der Waals surface area contributed by atoms with E-state index in [4.69, 9.17) is 34.2 Å². The molecule has 0 amide bonds. The maximum atomic E-state index is 13.1. The molecule has 0 radical (unpaired) electrons. The molecule has 0 aliphatic heterocycles. The van der Waals surface area contributed by atoms with Crippen LogP contribution in [0.25, 0.3) is 23.3 Å². The highest BCUT2D eigenvalue weighted by Gasteiger charge is 2.57. The second kappa shape index (κ2) is 26.9. The molecule has 0 aliphatic carbocycles. The predicted octanol–water partition coefficient (Wildman–Crippen LogP) is 14.1. The number of carbonyl (C=O) groups excluding carboxylic acids is 4. The van der Waals surface area contributed by atoms with Gasteiger partial charge in [0.15, 0.2) is 0 Å². The first-order valence-corrected chi connectivity index (χ1v) is 23.8. The van der Waals surface area contributed by atoms with Crippen LogP contribution in [0.15, 0.2) is 157 Å². The average Bonchev–Trinajstić information content (AvgIpc) is 3.41. The number of nitrogens with two attached hydrogens (primary N) is 1. The molecule has 0 atom stereocenters. The van der Waals surface area contributed by atoms with Crippen molar-refractivity contribution in [2.45, 2.75) is 63.1 Å². The highest BCUT2D eigenvalue weighted by Crippen LogP contribution is 2.40. The molecule has 6 aromatic carbocycles. The quantitative estimate of drug-likeness (QED) is 0.0117. The van der Waals surface area contributed by atoms with E-state index >= 15 is 0 Å². The molecule has 0 spiro atoms. The normalized spacial score (nSPS) is 11.9. The zero-order chi connectivity index (χ0) is 58.1. The predicted molar refractivity (Wildman–Crippen MR) is 274 cm³/mol. The Morgan fingerprint density at radius 3 is 1.30 bits per heavy atom. The van der Waals surface area contributed by atoms with E-state index in [1.54, 1.807) is 60.7 Å². The Morgan fingerprint density at radius 1 is 0.512 bits per heavy atom. The molecule has 0 saturated carbocycles. The monoisotopic (exact) mass is 1120 g/mol. The Bertz CT molecular complexity index is 3230. The number of aliphatic imine (C=N–C) groups is 1. The first-order chi connectivity index (χ1) is 37.9. The number of nitrogens with zero attached hydrogens (tertiary/aromatic N) is 1. The second-order valence-electron chi connectivity index (χ2n) is 17.2. The lowest BCUT2D eigenvalue weighted by Gasteiger charge is -2.19. The van der Waals surface area contributed by atoms with Crippen molar-refractivity contribution in [1.82, 2.24) is 0 Å². The molecule has 6 rings (SSSR count). The number of hydrogen-bond donors (Lipinski definition) is 1. The number of benzene rings is 6. The van der Waals surface area contributed by atoms with Crippen molar-refractivity contribution in [3.05, 3.63) is 186 Å². The molecule has 0 aliphatic rings. The number of nitrogen functional groups attached to an aromatic ring is 1. The summed E-state index contributed by atoms with van der Waals surface area (Å²) >= 11 is 0. The number of alkyl halides is 10. The Labute approximate surface area is 450 Å². The SMILES string of the molecule is C=C=Nc1ccc(-c2ccc(N)cc2COC(=O)/C=C/c2ccc(OC(=O)c3ccc(OCCCC(F)(F)C(F)(F)F)cc3)cc2)c(COC(=O)/C=C/c2ccc(OC(=O)c3ccc(OCCCC(F)(F)C(F)(F)F)cc3)cc2)c1. The van der Waals surface area contributed by atoms with Crippen LogP contribution in [0.1, 0.15) is 68.7 Å². The van der Waals surface area contributed by atoms with Crippen molar-refractivity contribution in [2.24, 2.45) is 4.99 Å². The first kappa shape index (κ1) is 60.1. The molecule has 0 bridgehead atoms. The number of rotatable bonds is 24. The van der Waals surface area contributed by atoms with E-state index in [1.807, 2.05) is 0 Å². The van der Waals surface area contributed by atoms with E-state index in [1.165, 1.54) is 97.1 Å². The second-order valence-corrected chi connectivity index (χ2v) is 17.2. The van der Waals surface area contributed by atoms with Crippen LogP contribution in [0.3, 0.4) is 0 Å². The molecule has 418 valence electrons. The molecule has 12 nitrogen and oxygen atoms in total. The molecule has 0 unspecified atom stereocenters. The Balaban J connectivity index is 0.984.